The second-order valence-corrected chi connectivity index (χ2v) is 8.80. The predicted molar refractivity (Wildman–Crippen MR) is 110 cm³/mol. The van der Waals surface area contributed by atoms with Crippen LogP contribution in [-0.4, -0.2) is 52.0 Å². The van der Waals surface area contributed by atoms with Gasteiger partial charge in [-0.1, -0.05) is 0 Å². The Bertz CT molecular complexity index is 939. The Morgan fingerprint density at radius 3 is 2.82 bits per heavy atom. The van der Waals surface area contributed by atoms with Gasteiger partial charge < -0.3 is 14.5 Å². The smallest absolute Gasteiger partial charge is 0.374 e. The van der Waals surface area contributed by atoms with Gasteiger partial charge in [0.25, 0.3) is 0 Å². The molecule has 7 nitrogen and oxygen atoms in total. The number of carbonyl (C=O) groups is 1. The van der Waals surface area contributed by atoms with Gasteiger partial charge in [0, 0.05) is 24.0 Å². The molecule has 1 aliphatic rings. The molecule has 0 radical (unpaired) electrons. The van der Waals surface area contributed by atoms with E-state index in [1.54, 1.807) is 30.3 Å². The van der Waals surface area contributed by atoms with Crippen LogP contribution in [0.1, 0.15) is 35.9 Å². The van der Waals surface area contributed by atoms with E-state index < -0.39 is 16.0 Å². The summed E-state index contributed by atoms with van der Waals surface area (Å²) in [6.07, 6.45) is 1.88. The van der Waals surface area contributed by atoms with E-state index in [-0.39, 0.29) is 29.7 Å². The topological polar surface area (TPSA) is 88.8 Å². The molecule has 1 fully saturated rings. The number of sulfonamides is 1. The SMILES string of the molecule is CCOC(=O)c1oc2ccc(S(=O)(=O)N3CCCC(CNC)C3)cc2c1C.Cl. The molecule has 2 heterocycles. The number of halogens is 1. The van der Waals surface area contributed by atoms with Crippen LogP contribution in [0.5, 0.6) is 0 Å². The van der Waals surface area contributed by atoms with Crippen molar-refractivity contribution in [2.75, 3.05) is 33.3 Å². The highest BCUT2D eigenvalue weighted by molar-refractivity contribution is 7.89. The summed E-state index contributed by atoms with van der Waals surface area (Å²) in [6, 6.07) is 4.73. The van der Waals surface area contributed by atoms with Gasteiger partial charge in [0.15, 0.2) is 0 Å². The van der Waals surface area contributed by atoms with Crippen molar-refractivity contribution >= 4 is 39.4 Å². The zero-order chi connectivity index (χ0) is 19.6. The number of nitrogens with zero attached hydrogens (tertiary/aromatic N) is 1. The molecular weight excluding hydrogens is 404 g/mol. The fourth-order valence-electron chi connectivity index (χ4n) is 3.60. The Morgan fingerprint density at radius 2 is 2.14 bits per heavy atom. The van der Waals surface area contributed by atoms with E-state index in [4.69, 9.17) is 9.15 Å². The van der Waals surface area contributed by atoms with Gasteiger partial charge in [-0.25, -0.2) is 13.2 Å². The van der Waals surface area contributed by atoms with Crippen LogP contribution in [0.4, 0.5) is 0 Å². The number of hydrogen-bond acceptors (Lipinski definition) is 6. The van der Waals surface area contributed by atoms with Crippen molar-refractivity contribution in [2.45, 2.75) is 31.6 Å². The molecule has 1 aromatic carbocycles. The average Bonchev–Trinajstić information content (AvgIpc) is 2.99. The van der Waals surface area contributed by atoms with Gasteiger partial charge in [0.1, 0.15) is 5.58 Å². The first kappa shape index (κ1) is 22.7. The number of aryl methyl sites for hydroxylation is 1. The van der Waals surface area contributed by atoms with E-state index in [2.05, 4.69) is 5.32 Å². The molecule has 28 heavy (non-hydrogen) atoms. The Morgan fingerprint density at radius 1 is 1.39 bits per heavy atom. The first-order chi connectivity index (χ1) is 12.9. The van der Waals surface area contributed by atoms with Gasteiger partial charge in [-0.05, 0) is 64.4 Å². The van der Waals surface area contributed by atoms with E-state index in [1.807, 2.05) is 7.05 Å². The first-order valence-electron chi connectivity index (χ1n) is 9.23. The molecule has 0 spiro atoms. The Balaban J connectivity index is 0.00000280. The summed E-state index contributed by atoms with van der Waals surface area (Å²) < 4.78 is 38.4. The number of esters is 1. The second-order valence-electron chi connectivity index (χ2n) is 6.86. The normalized spacial score (nSPS) is 18.0. The molecule has 0 saturated carbocycles. The van der Waals surface area contributed by atoms with E-state index >= 15 is 0 Å². The van der Waals surface area contributed by atoms with E-state index in [1.165, 1.54) is 6.07 Å². The van der Waals surface area contributed by atoms with Gasteiger partial charge >= 0.3 is 5.97 Å². The van der Waals surface area contributed by atoms with Crippen molar-refractivity contribution in [1.29, 1.82) is 0 Å². The van der Waals surface area contributed by atoms with Crippen LogP contribution in [0.3, 0.4) is 0 Å². The third-order valence-corrected chi connectivity index (χ3v) is 6.84. The monoisotopic (exact) mass is 430 g/mol. The molecule has 0 amide bonds. The highest BCUT2D eigenvalue weighted by atomic mass is 35.5. The summed E-state index contributed by atoms with van der Waals surface area (Å²) in [5.74, 6) is -0.108. The largest absolute Gasteiger partial charge is 0.460 e. The van der Waals surface area contributed by atoms with Crippen molar-refractivity contribution in [3.8, 4) is 0 Å². The van der Waals surface area contributed by atoms with Crippen LogP contribution >= 0.6 is 12.4 Å². The highest BCUT2D eigenvalue weighted by Gasteiger charge is 2.30. The lowest BCUT2D eigenvalue weighted by atomic mass is 10.00. The van der Waals surface area contributed by atoms with E-state index in [0.29, 0.717) is 35.5 Å². The summed E-state index contributed by atoms with van der Waals surface area (Å²) in [5, 5.41) is 3.74. The van der Waals surface area contributed by atoms with Crippen LogP contribution in [0.15, 0.2) is 27.5 Å². The maximum Gasteiger partial charge on any atom is 0.374 e. The highest BCUT2D eigenvalue weighted by Crippen LogP contribution is 2.30. The van der Waals surface area contributed by atoms with Crippen molar-refractivity contribution in [1.82, 2.24) is 9.62 Å². The number of fused-ring (bicyclic) bond motifs is 1. The standard InChI is InChI=1S/C19H26N2O5S.ClH/c1-4-25-19(22)18-13(2)16-10-15(7-8-17(16)26-18)27(23,24)21-9-5-6-14(12-21)11-20-3;/h7-8,10,14,20H,4-6,9,11-12H2,1-3H3;1H. The molecule has 1 aliphatic heterocycles. The Labute approximate surface area is 171 Å². The van der Waals surface area contributed by atoms with E-state index in [0.717, 1.165) is 19.4 Å². The zero-order valence-corrected chi connectivity index (χ0v) is 18.0. The lowest BCUT2D eigenvalue weighted by Crippen LogP contribution is -2.42. The summed E-state index contributed by atoms with van der Waals surface area (Å²) >= 11 is 0. The molecule has 3 rings (SSSR count). The number of nitrogens with one attached hydrogen (secondary N) is 1. The lowest BCUT2D eigenvalue weighted by molar-refractivity contribution is 0.0491. The molecule has 1 N–H and O–H groups in total. The molecule has 9 heteroatoms. The number of carbonyl (C=O) groups excluding carboxylic acids is 1. The predicted octanol–water partition coefficient (Wildman–Crippen LogP) is 2.96. The molecule has 0 bridgehead atoms. The minimum Gasteiger partial charge on any atom is -0.460 e. The molecule has 156 valence electrons. The van der Waals surface area contributed by atoms with Crippen molar-refractivity contribution < 1.29 is 22.4 Å². The quantitative estimate of drug-likeness (QED) is 0.709. The number of furan rings is 1. The van der Waals surface area contributed by atoms with Crippen LogP contribution < -0.4 is 5.32 Å². The summed E-state index contributed by atoms with van der Waals surface area (Å²) in [4.78, 5) is 12.2. The second kappa shape index (κ2) is 9.26. The minimum atomic E-state index is -3.59. The molecule has 1 unspecified atom stereocenters. The van der Waals surface area contributed by atoms with Crippen LogP contribution in [-0.2, 0) is 14.8 Å². The molecule has 2 aromatic rings. The zero-order valence-electron chi connectivity index (χ0n) is 16.4. The molecule has 1 saturated heterocycles. The average molecular weight is 431 g/mol. The van der Waals surface area contributed by atoms with Gasteiger partial charge in [-0.2, -0.15) is 4.31 Å². The molecule has 1 atom stereocenters. The van der Waals surface area contributed by atoms with Gasteiger partial charge in [-0.15, -0.1) is 12.4 Å². The fraction of sp³-hybridized carbons (Fsp3) is 0.526. The number of benzene rings is 1. The molecule has 0 aliphatic carbocycles. The Kier molecular flexibility index (Phi) is 7.50. The van der Waals surface area contributed by atoms with Crippen LogP contribution in [0, 0.1) is 12.8 Å². The van der Waals surface area contributed by atoms with E-state index in [9.17, 15) is 13.2 Å². The number of hydrogen-bond donors (Lipinski definition) is 1. The van der Waals surface area contributed by atoms with Crippen LogP contribution in [0.2, 0.25) is 0 Å². The summed E-state index contributed by atoms with van der Waals surface area (Å²) in [6.45, 7) is 5.55. The molecule has 1 aromatic heterocycles. The minimum absolute atomic E-state index is 0. The van der Waals surface area contributed by atoms with Gasteiger partial charge in [-0.3, -0.25) is 0 Å². The van der Waals surface area contributed by atoms with Crippen molar-refractivity contribution in [2.24, 2.45) is 5.92 Å². The number of piperidine rings is 1. The lowest BCUT2D eigenvalue weighted by Gasteiger charge is -2.31. The van der Waals surface area contributed by atoms with Crippen molar-refractivity contribution in [3.05, 3.63) is 29.5 Å². The summed E-state index contributed by atoms with van der Waals surface area (Å²) in [5.41, 5.74) is 1.06. The van der Waals surface area contributed by atoms with Crippen LogP contribution in [0.25, 0.3) is 11.0 Å². The molecular formula is C19H27ClN2O5S. The fourth-order valence-corrected chi connectivity index (χ4v) is 5.18. The third-order valence-electron chi connectivity index (χ3n) is 4.98. The Hall–Kier alpha value is -1.61. The maximum absolute atomic E-state index is 13.1. The summed E-state index contributed by atoms with van der Waals surface area (Å²) in [7, 11) is -1.72. The number of ether oxygens (including phenoxy) is 1. The maximum atomic E-state index is 13.1. The third kappa shape index (κ3) is 4.35. The number of rotatable bonds is 6. The van der Waals surface area contributed by atoms with Crippen molar-refractivity contribution in [3.63, 3.8) is 0 Å². The van der Waals surface area contributed by atoms with Gasteiger partial charge in [0.2, 0.25) is 15.8 Å². The van der Waals surface area contributed by atoms with Gasteiger partial charge in [0.05, 0.1) is 11.5 Å². The first-order valence-corrected chi connectivity index (χ1v) is 10.7.